The average molecular weight is 376 g/mol. The van der Waals surface area contributed by atoms with Crippen molar-refractivity contribution in [2.45, 2.75) is 6.61 Å². The minimum absolute atomic E-state index is 0.0753. The number of hydrogen-bond donors (Lipinski definition) is 2. The van der Waals surface area contributed by atoms with Gasteiger partial charge in [0.25, 0.3) is 0 Å². The highest BCUT2D eigenvalue weighted by Gasteiger charge is 2.10. The van der Waals surface area contributed by atoms with Crippen molar-refractivity contribution in [3.63, 3.8) is 0 Å². The van der Waals surface area contributed by atoms with E-state index in [1.807, 2.05) is 42.5 Å². The fourth-order valence-corrected chi connectivity index (χ4v) is 3.85. The zero-order valence-corrected chi connectivity index (χ0v) is 15.2. The second-order valence-corrected chi connectivity index (χ2v) is 7.24. The second kappa shape index (κ2) is 7.21. The zero-order chi connectivity index (χ0) is 18.8. The molecule has 3 N–H and O–H groups in total. The first-order chi connectivity index (χ1) is 13.1. The Bertz CT molecular complexity index is 1140. The van der Waals surface area contributed by atoms with E-state index in [4.69, 9.17) is 15.9 Å². The molecule has 4 rings (SSSR count). The molecule has 0 radical (unpaired) electrons. The Hall–Kier alpha value is -3.18. The fourth-order valence-electron chi connectivity index (χ4n) is 2.95. The fraction of sp³-hybridized carbons (Fsp3) is 0.0455. The number of ether oxygens (including phenoxy) is 1. The molecule has 3 nitrogen and oxygen atoms in total. The van der Waals surface area contributed by atoms with Gasteiger partial charge in [0.2, 0.25) is 0 Å². The van der Waals surface area contributed by atoms with Crippen LogP contribution in [0.4, 0.5) is 4.39 Å². The third kappa shape index (κ3) is 3.55. The molecule has 1 aromatic heterocycles. The van der Waals surface area contributed by atoms with E-state index in [2.05, 4.69) is 6.07 Å². The van der Waals surface area contributed by atoms with E-state index in [-0.39, 0.29) is 18.3 Å². The molecule has 0 atom stereocenters. The lowest BCUT2D eigenvalue weighted by Crippen LogP contribution is -2.08. The van der Waals surface area contributed by atoms with Crippen LogP contribution < -0.4 is 10.5 Å². The molecule has 0 unspecified atom stereocenters. The van der Waals surface area contributed by atoms with Crippen molar-refractivity contribution in [2.24, 2.45) is 5.73 Å². The molecule has 27 heavy (non-hydrogen) atoms. The SMILES string of the molecule is N=C(N)c1cc2cc(-c3ccccc3OCc3ccccc3F)ccc2s1. The molecule has 0 bridgehead atoms. The highest BCUT2D eigenvalue weighted by atomic mass is 32.1. The highest BCUT2D eigenvalue weighted by Crippen LogP contribution is 2.34. The van der Waals surface area contributed by atoms with Gasteiger partial charge < -0.3 is 10.5 Å². The molecule has 5 heteroatoms. The number of nitrogens with two attached hydrogens (primary N) is 1. The van der Waals surface area contributed by atoms with Crippen LogP contribution in [0.1, 0.15) is 10.4 Å². The lowest BCUT2D eigenvalue weighted by molar-refractivity contribution is 0.301. The maximum atomic E-state index is 13.9. The first-order valence-electron chi connectivity index (χ1n) is 8.45. The topological polar surface area (TPSA) is 59.1 Å². The number of rotatable bonds is 5. The molecule has 0 saturated heterocycles. The molecule has 0 aliphatic carbocycles. The van der Waals surface area contributed by atoms with Crippen LogP contribution in [0.15, 0.2) is 72.8 Å². The van der Waals surface area contributed by atoms with Crippen molar-refractivity contribution in [1.82, 2.24) is 0 Å². The second-order valence-electron chi connectivity index (χ2n) is 6.15. The third-order valence-corrected chi connectivity index (χ3v) is 5.47. The van der Waals surface area contributed by atoms with E-state index >= 15 is 0 Å². The number of benzene rings is 3. The van der Waals surface area contributed by atoms with Gasteiger partial charge >= 0.3 is 0 Å². The van der Waals surface area contributed by atoms with Crippen molar-refractivity contribution in [3.05, 3.63) is 89.1 Å². The summed E-state index contributed by atoms with van der Waals surface area (Å²) in [5, 5.41) is 8.64. The van der Waals surface area contributed by atoms with Gasteiger partial charge in [-0.3, -0.25) is 5.41 Å². The van der Waals surface area contributed by atoms with Gasteiger partial charge in [-0.05, 0) is 41.3 Å². The van der Waals surface area contributed by atoms with Crippen LogP contribution in [0, 0.1) is 11.2 Å². The summed E-state index contributed by atoms with van der Waals surface area (Å²) >= 11 is 1.50. The molecule has 1 heterocycles. The van der Waals surface area contributed by atoms with Gasteiger partial charge in [0, 0.05) is 15.8 Å². The summed E-state index contributed by atoms with van der Waals surface area (Å²) < 4.78 is 20.9. The van der Waals surface area contributed by atoms with Gasteiger partial charge in [0.15, 0.2) is 0 Å². The number of para-hydroxylation sites is 1. The van der Waals surface area contributed by atoms with Crippen LogP contribution in [0.3, 0.4) is 0 Å². The lowest BCUT2D eigenvalue weighted by Gasteiger charge is -2.12. The third-order valence-electron chi connectivity index (χ3n) is 4.32. The number of fused-ring (bicyclic) bond motifs is 1. The van der Waals surface area contributed by atoms with Gasteiger partial charge in [-0.25, -0.2) is 4.39 Å². The Balaban J connectivity index is 1.67. The maximum absolute atomic E-state index is 13.9. The van der Waals surface area contributed by atoms with E-state index in [0.29, 0.717) is 11.3 Å². The standard InChI is InChI=1S/C22H17FN2OS/c23-18-7-3-1-5-15(18)13-26-19-8-4-2-6-17(19)14-9-10-20-16(11-14)12-21(27-20)22(24)25/h1-12H,13H2,(H3,24,25). The summed E-state index contributed by atoms with van der Waals surface area (Å²) in [7, 11) is 0. The predicted molar refractivity (Wildman–Crippen MR) is 109 cm³/mol. The summed E-state index contributed by atoms with van der Waals surface area (Å²) in [4.78, 5) is 0.756. The van der Waals surface area contributed by atoms with Crippen LogP contribution >= 0.6 is 11.3 Å². The molecule has 3 aromatic carbocycles. The summed E-state index contributed by atoms with van der Waals surface area (Å²) in [6.45, 7) is 0.166. The summed E-state index contributed by atoms with van der Waals surface area (Å²) in [5.41, 5.74) is 8.06. The Morgan fingerprint density at radius 3 is 2.59 bits per heavy atom. The van der Waals surface area contributed by atoms with Crippen molar-refractivity contribution in [1.29, 1.82) is 5.41 Å². The molecule has 0 aliphatic heterocycles. The quantitative estimate of drug-likeness (QED) is 0.353. The Labute approximate surface area is 160 Å². The molecule has 0 saturated carbocycles. The van der Waals surface area contributed by atoms with Gasteiger partial charge in [-0.15, -0.1) is 11.3 Å². The number of nitrogen functional groups attached to an aromatic ring is 1. The number of thiophene rings is 1. The van der Waals surface area contributed by atoms with Gasteiger partial charge in [0.1, 0.15) is 24.0 Å². The van der Waals surface area contributed by atoms with Crippen LogP contribution in [0.2, 0.25) is 0 Å². The van der Waals surface area contributed by atoms with Crippen molar-refractivity contribution in [2.75, 3.05) is 0 Å². The normalized spacial score (nSPS) is 10.9. The largest absolute Gasteiger partial charge is 0.488 e. The van der Waals surface area contributed by atoms with Crippen LogP contribution in [0.5, 0.6) is 5.75 Å². The molecule has 134 valence electrons. The molecular weight excluding hydrogens is 359 g/mol. The smallest absolute Gasteiger partial charge is 0.133 e. The maximum Gasteiger partial charge on any atom is 0.133 e. The van der Waals surface area contributed by atoms with Crippen LogP contribution in [-0.4, -0.2) is 5.84 Å². The van der Waals surface area contributed by atoms with Gasteiger partial charge in [-0.2, -0.15) is 0 Å². The molecule has 0 amide bonds. The van der Waals surface area contributed by atoms with Crippen molar-refractivity contribution in [3.8, 4) is 16.9 Å². The molecule has 0 spiro atoms. The minimum atomic E-state index is -0.272. The van der Waals surface area contributed by atoms with Crippen LogP contribution in [-0.2, 0) is 6.61 Å². The van der Waals surface area contributed by atoms with E-state index in [1.54, 1.807) is 18.2 Å². The Morgan fingerprint density at radius 2 is 1.78 bits per heavy atom. The van der Waals surface area contributed by atoms with E-state index in [9.17, 15) is 4.39 Å². The van der Waals surface area contributed by atoms with Crippen molar-refractivity contribution < 1.29 is 9.13 Å². The predicted octanol–water partition coefficient (Wildman–Crippen LogP) is 5.57. The molecule has 0 fully saturated rings. The van der Waals surface area contributed by atoms with Crippen LogP contribution in [0.25, 0.3) is 21.2 Å². The summed E-state index contributed by atoms with van der Waals surface area (Å²) in [5.74, 6) is 0.500. The first kappa shape index (κ1) is 17.2. The van der Waals surface area contributed by atoms with E-state index < -0.39 is 0 Å². The summed E-state index contributed by atoms with van der Waals surface area (Å²) in [6.07, 6.45) is 0. The summed E-state index contributed by atoms with van der Waals surface area (Å²) in [6, 6.07) is 22.4. The number of amidine groups is 1. The van der Waals surface area contributed by atoms with Crippen molar-refractivity contribution >= 4 is 27.3 Å². The molecular formula is C22H17FN2OS. The number of halogens is 1. The Kier molecular flexibility index (Phi) is 4.60. The van der Waals surface area contributed by atoms with Gasteiger partial charge in [0.05, 0.1) is 4.88 Å². The lowest BCUT2D eigenvalue weighted by atomic mass is 10.0. The van der Waals surface area contributed by atoms with E-state index in [0.717, 1.165) is 26.1 Å². The Morgan fingerprint density at radius 1 is 1.00 bits per heavy atom. The van der Waals surface area contributed by atoms with Gasteiger partial charge in [-0.1, -0.05) is 42.5 Å². The zero-order valence-electron chi connectivity index (χ0n) is 14.4. The number of hydrogen-bond acceptors (Lipinski definition) is 3. The highest BCUT2D eigenvalue weighted by molar-refractivity contribution is 7.20. The first-order valence-corrected chi connectivity index (χ1v) is 9.27. The van der Waals surface area contributed by atoms with E-state index in [1.165, 1.54) is 17.4 Å². The number of nitrogens with one attached hydrogen (secondary N) is 1. The average Bonchev–Trinajstić information content (AvgIpc) is 3.11. The minimum Gasteiger partial charge on any atom is -0.488 e. The molecule has 4 aromatic rings. The monoisotopic (exact) mass is 376 g/mol. The molecule has 0 aliphatic rings.